The predicted molar refractivity (Wildman–Crippen MR) is 102 cm³/mol. The molecule has 0 aliphatic rings. The molecule has 1 atom stereocenters. The van der Waals surface area contributed by atoms with Crippen LogP contribution in [0.4, 0.5) is 18.9 Å². The van der Waals surface area contributed by atoms with E-state index in [4.69, 9.17) is 4.74 Å². The second kappa shape index (κ2) is 9.27. The van der Waals surface area contributed by atoms with Gasteiger partial charge in [-0.3, -0.25) is 4.79 Å². The summed E-state index contributed by atoms with van der Waals surface area (Å²) < 4.78 is 45.2. The number of esters is 1. The van der Waals surface area contributed by atoms with Crippen molar-refractivity contribution < 1.29 is 32.2 Å². The van der Waals surface area contributed by atoms with Gasteiger partial charge in [0.2, 0.25) is 0 Å². The molecule has 0 heterocycles. The molecule has 2 rings (SSSR count). The Labute approximate surface area is 166 Å². The van der Waals surface area contributed by atoms with Gasteiger partial charge in [0.05, 0.1) is 0 Å². The number of hydrogen-bond acceptors (Lipinski definition) is 4. The van der Waals surface area contributed by atoms with E-state index in [0.717, 1.165) is 29.3 Å². The number of aryl methyl sites for hydroxylation is 2. The maximum atomic E-state index is 12.2. The Hall–Kier alpha value is -3.29. The number of nitrogens with one attached hydrogen (secondary N) is 1. The van der Waals surface area contributed by atoms with Crippen LogP contribution in [0.1, 0.15) is 23.6 Å². The third kappa shape index (κ3) is 7.33. The molecule has 154 valence electrons. The second-order valence-electron chi connectivity index (χ2n) is 6.34. The Morgan fingerprint density at radius 1 is 1.07 bits per heavy atom. The van der Waals surface area contributed by atoms with Gasteiger partial charge in [-0.1, -0.05) is 24.3 Å². The number of hydrogen-bond donors (Lipinski definition) is 1. The molecule has 0 aliphatic carbocycles. The lowest BCUT2D eigenvalue weighted by molar-refractivity contribution is -0.274. The number of ether oxygens (including phenoxy) is 2. The lowest BCUT2D eigenvalue weighted by atomic mass is 10.1. The van der Waals surface area contributed by atoms with Crippen LogP contribution in [-0.4, -0.2) is 24.3 Å². The highest BCUT2D eigenvalue weighted by molar-refractivity contribution is 5.97. The fourth-order valence-electron chi connectivity index (χ4n) is 2.32. The number of rotatable bonds is 6. The van der Waals surface area contributed by atoms with Crippen molar-refractivity contribution in [3.8, 4) is 5.75 Å². The van der Waals surface area contributed by atoms with E-state index in [1.807, 2.05) is 32.0 Å². The first kappa shape index (κ1) is 22.0. The van der Waals surface area contributed by atoms with E-state index < -0.39 is 24.3 Å². The van der Waals surface area contributed by atoms with Crippen molar-refractivity contribution in [3.63, 3.8) is 0 Å². The third-order valence-electron chi connectivity index (χ3n) is 3.84. The standard InChI is InChI=1S/C21H20F3NO4/c1-13-4-5-14(2)18(12-13)25-20(27)15(3)28-19(26)11-8-16-6-9-17(10-7-16)29-21(22,23)24/h4-12,15H,1-3H3,(H,25,27)/b11-8+/t15-/m0/s1. The van der Waals surface area contributed by atoms with Gasteiger partial charge < -0.3 is 14.8 Å². The lowest BCUT2D eigenvalue weighted by Crippen LogP contribution is -2.29. The van der Waals surface area contributed by atoms with Gasteiger partial charge in [0.1, 0.15) is 5.75 Å². The third-order valence-corrected chi connectivity index (χ3v) is 3.84. The van der Waals surface area contributed by atoms with Crippen molar-refractivity contribution in [3.05, 3.63) is 65.2 Å². The van der Waals surface area contributed by atoms with E-state index in [1.54, 1.807) is 0 Å². The summed E-state index contributed by atoms with van der Waals surface area (Å²) in [6.07, 6.45) is -3.36. The van der Waals surface area contributed by atoms with Crippen molar-refractivity contribution in [2.75, 3.05) is 5.32 Å². The van der Waals surface area contributed by atoms with E-state index in [9.17, 15) is 22.8 Å². The van der Waals surface area contributed by atoms with Crippen molar-refractivity contribution >= 4 is 23.6 Å². The maximum Gasteiger partial charge on any atom is 0.573 e. The number of carbonyl (C=O) groups excluding carboxylic acids is 2. The van der Waals surface area contributed by atoms with E-state index in [-0.39, 0.29) is 5.75 Å². The Bertz CT molecular complexity index is 905. The minimum Gasteiger partial charge on any atom is -0.449 e. The second-order valence-corrected chi connectivity index (χ2v) is 6.34. The van der Waals surface area contributed by atoms with Crippen LogP contribution in [0.3, 0.4) is 0 Å². The quantitative estimate of drug-likeness (QED) is 0.553. The molecule has 5 nitrogen and oxygen atoms in total. The topological polar surface area (TPSA) is 64.6 Å². The van der Waals surface area contributed by atoms with Crippen LogP contribution in [0.5, 0.6) is 5.75 Å². The molecule has 2 aromatic rings. The molecule has 1 amide bonds. The van der Waals surface area contributed by atoms with E-state index in [1.165, 1.54) is 25.1 Å². The molecular weight excluding hydrogens is 387 g/mol. The molecule has 0 saturated heterocycles. The normalized spacial score (nSPS) is 12.5. The molecule has 0 saturated carbocycles. The molecule has 0 fully saturated rings. The molecule has 0 unspecified atom stereocenters. The molecular formula is C21H20F3NO4. The maximum absolute atomic E-state index is 12.2. The average Bonchev–Trinajstić information content (AvgIpc) is 2.63. The number of alkyl halides is 3. The molecule has 0 spiro atoms. The molecule has 8 heteroatoms. The van der Waals surface area contributed by atoms with E-state index in [2.05, 4.69) is 10.1 Å². The highest BCUT2D eigenvalue weighted by Gasteiger charge is 2.30. The Morgan fingerprint density at radius 2 is 1.72 bits per heavy atom. The Balaban J connectivity index is 1.90. The zero-order valence-corrected chi connectivity index (χ0v) is 16.0. The Morgan fingerprint density at radius 3 is 2.34 bits per heavy atom. The van der Waals surface area contributed by atoms with Crippen LogP contribution in [0.15, 0.2) is 48.5 Å². The summed E-state index contributed by atoms with van der Waals surface area (Å²) in [6, 6.07) is 10.5. The van der Waals surface area contributed by atoms with Gasteiger partial charge in [-0.15, -0.1) is 13.2 Å². The number of carbonyl (C=O) groups is 2. The van der Waals surface area contributed by atoms with Crippen molar-refractivity contribution in [2.24, 2.45) is 0 Å². The summed E-state index contributed by atoms with van der Waals surface area (Å²) >= 11 is 0. The largest absolute Gasteiger partial charge is 0.573 e. The fourth-order valence-corrected chi connectivity index (χ4v) is 2.32. The van der Waals surface area contributed by atoms with E-state index >= 15 is 0 Å². The average molecular weight is 407 g/mol. The molecule has 0 aliphatic heterocycles. The van der Waals surface area contributed by atoms with Crippen LogP contribution in [-0.2, 0) is 14.3 Å². The summed E-state index contributed by atoms with van der Waals surface area (Å²) in [4.78, 5) is 24.1. The first-order chi connectivity index (χ1) is 13.5. The van der Waals surface area contributed by atoms with Crippen LogP contribution in [0.25, 0.3) is 6.08 Å². The molecule has 1 N–H and O–H groups in total. The van der Waals surface area contributed by atoms with Gasteiger partial charge in [0.15, 0.2) is 6.10 Å². The zero-order chi connectivity index (χ0) is 21.6. The first-order valence-corrected chi connectivity index (χ1v) is 8.66. The van der Waals surface area contributed by atoms with Crippen molar-refractivity contribution in [1.82, 2.24) is 0 Å². The molecule has 2 aromatic carbocycles. The van der Waals surface area contributed by atoms with Gasteiger partial charge in [-0.2, -0.15) is 0 Å². The van der Waals surface area contributed by atoms with Gasteiger partial charge in [0, 0.05) is 11.8 Å². The highest BCUT2D eigenvalue weighted by Crippen LogP contribution is 2.23. The molecule has 0 radical (unpaired) electrons. The summed E-state index contributed by atoms with van der Waals surface area (Å²) in [6.45, 7) is 5.18. The summed E-state index contributed by atoms with van der Waals surface area (Å²) in [5.74, 6) is -1.60. The van der Waals surface area contributed by atoms with Crippen LogP contribution in [0, 0.1) is 13.8 Å². The highest BCUT2D eigenvalue weighted by atomic mass is 19.4. The van der Waals surface area contributed by atoms with Crippen LogP contribution in [0.2, 0.25) is 0 Å². The Kier molecular flexibility index (Phi) is 7.03. The molecule has 0 bridgehead atoms. The number of amides is 1. The predicted octanol–water partition coefficient (Wildman–Crippen LogP) is 4.79. The van der Waals surface area contributed by atoms with Gasteiger partial charge in [0.25, 0.3) is 5.91 Å². The van der Waals surface area contributed by atoms with Crippen LogP contribution >= 0.6 is 0 Å². The SMILES string of the molecule is Cc1ccc(C)c(NC(=O)[C@H](C)OC(=O)/C=C/c2ccc(OC(F)(F)F)cc2)c1. The summed E-state index contributed by atoms with van der Waals surface area (Å²) in [5, 5.41) is 2.71. The minimum absolute atomic E-state index is 0.367. The molecule has 29 heavy (non-hydrogen) atoms. The minimum atomic E-state index is -4.77. The van der Waals surface area contributed by atoms with Crippen molar-refractivity contribution in [2.45, 2.75) is 33.2 Å². The monoisotopic (exact) mass is 407 g/mol. The van der Waals surface area contributed by atoms with Crippen molar-refractivity contribution in [1.29, 1.82) is 0 Å². The summed E-state index contributed by atoms with van der Waals surface area (Å²) in [5.41, 5.74) is 2.95. The first-order valence-electron chi connectivity index (χ1n) is 8.66. The number of anilines is 1. The number of benzene rings is 2. The van der Waals surface area contributed by atoms with Gasteiger partial charge in [-0.05, 0) is 61.7 Å². The van der Waals surface area contributed by atoms with Crippen LogP contribution < -0.4 is 10.1 Å². The molecule has 0 aromatic heterocycles. The zero-order valence-electron chi connectivity index (χ0n) is 16.0. The lowest BCUT2D eigenvalue weighted by Gasteiger charge is -2.14. The van der Waals surface area contributed by atoms with Gasteiger partial charge in [-0.25, -0.2) is 4.79 Å². The fraction of sp³-hybridized carbons (Fsp3) is 0.238. The summed E-state index contributed by atoms with van der Waals surface area (Å²) in [7, 11) is 0. The smallest absolute Gasteiger partial charge is 0.449 e. The van der Waals surface area contributed by atoms with E-state index in [0.29, 0.717) is 11.3 Å². The van der Waals surface area contributed by atoms with Gasteiger partial charge >= 0.3 is 12.3 Å². The number of halogens is 3.